The van der Waals surface area contributed by atoms with E-state index >= 15 is 0 Å². The maximum atomic E-state index is 12.3. The number of benzene rings is 1. The van der Waals surface area contributed by atoms with E-state index in [1.807, 2.05) is 45.0 Å². The monoisotopic (exact) mass is 333 g/mol. The molecule has 0 spiro atoms. The number of ether oxygens (including phenoxy) is 2. The molecule has 132 valence electrons. The van der Waals surface area contributed by atoms with Gasteiger partial charge in [-0.1, -0.05) is 45.6 Å². The molecule has 1 aromatic carbocycles. The first-order valence-corrected chi connectivity index (χ1v) is 8.09. The highest BCUT2D eigenvalue weighted by Gasteiger charge is 2.26. The van der Waals surface area contributed by atoms with Gasteiger partial charge in [-0.15, -0.1) is 0 Å². The predicted octanol–water partition coefficient (Wildman–Crippen LogP) is 2.74. The van der Waals surface area contributed by atoms with Crippen LogP contribution in [-0.2, 0) is 20.7 Å². The molecule has 0 saturated heterocycles. The van der Waals surface area contributed by atoms with Gasteiger partial charge in [0.25, 0.3) is 0 Å². The fourth-order valence-electron chi connectivity index (χ4n) is 2.24. The van der Waals surface area contributed by atoms with E-state index in [1.54, 1.807) is 6.08 Å². The van der Waals surface area contributed by atoms with Crippen LogP contribution in [-0.4, -0.2) is 31.6 Å². The fraction of sp³-hybridized carbons (Fsp3) is 0.474. The molecule has 0 radical (unpaired) electrons. The van der Waals surface area contributed by atoms with Gasteiger partial charge in [-0.2, -0.15) is 0 Å². The number of methoxy groups -OCH3 is 1. The van der Waals surface area contributed by atoms with Gasteiger partial charge in [-0.3, -0.25) is 4.79 Å². The third-order valence-electron chi connectivity index (χ3n) is 3.70. The summed E-state index contributed by atoms with van der Waals surface area (Å²) in [6, 6.07) is 6.98. The first-order valence-electron chi connectivity index (χ1n) is 8.09. The van der Waals surface area contributed by atoms with Crippen LogP contribution in [0.4, 0.5) is 0 Å². The van der Waals surface area contributed by atoms with Crippen molar-refractivity contribution in [2.45, 2.75) is 33.2 Å². The lowest BCUT2D eigenvalue weighted by molar-refractivity contribution is -0.146. The van der Waals surface area contributed by atoms with Crippen LogP contribution in [0.5, 0.6) is 5.75 Å². The Morgan fingerprint density at radius 2 is 1.83 bits per heavy atom. The summed E-state index contributed by atoms with van der Waals surface area (Å²) in [7, 11) is 1.32. The molecule has 1 amide bonds. The highest BCUT2D eigenvalue weighted by molar-refractivity contribution is 5.85. The number of hydrogen-bond acceptors (Lipinski definition) is 4. The topological polar surface area (TPSA) is 64.6 Å². The zero-order valence-electron chi connectivity index (χ0n) is 14.9. The molecule has 1 rings (SSSR count). The van der Waals surface area contributed by atoms with Crippen molar-refractivity contribution < 1.29 is 19.1 Å². The van der Waals surface area contributed by atoms with Gasteiger partial charge in [-0.05, 0) is 30.0 Å². The minimum absolute atomic E-state index is 0.0325. The second-order valence-corrected chi connectivity index (χ2v) is 6.10. The summed E-state index contributed by atoms with van der Waals surface area (Å²) >= 11 is 0. The molecule has 0 bridgehead atoms. The van der Waals surface area contributed by atoms with Crippen LogP contribution in [0, 0.1) is 11.8 Å². The van der Waals surface area contributed by atoms with Crippen LogP contribution in [0.2, 0.25) is 0 Å². The molecule has 0 unspecified atom stereocenters. The summed E-state index contributed by atoms with van der Waals surface area (Å²) in [6.45, 7) is 9.64. The summed E-state index contributed by atoms with van der Waals surface area (Å²) in [4.78, 5) is 24.1. The van der Waals surface area contributed by atoms with Crippen molar-refractivity contribution in [3.05, 3.63) is 42.5 Å². The summed E-state index contributed by atoms with van der Waals surface area (Å²) < 4.78 is 10.2. The van der Waals surface area contributed by atoms with Crippen molar-refractivity contribution in [3.63, 3.8) is 0 Å². The number of hydrogen-bond donors (Lipinski definition) is 1. The summed E-state index contributed by atoms with van der Waals surface area (Å²) in [5.74, 6) is -0.104. The summed E-state index contributed by atoms with van der Waals surface area (Å²) in [5.41, 5.74) is 1.03. The van der Waals surface area contributed by atoms with E-state index in [-0.39, 0.29) is 17.7 Å². The third-order valence-corrected chi connectivity index (χ3v) is 3.70. The van der Waals surface area contributed by atoms with Gasteiger partial charge >= 0.3 is 5.97 Å². The van der Waals surface area contributed by atoms with Crippen LogP contribution in [0.25, 0.3) is 0 Å². The summed E-state index contributed by atoms with van der Waals surface area (Å²) in [6.07, 6.45) is 2.27. The van der Waals surface area contributed by atoms with Gasteiger partial charge in [0.2, 0.25) is 5.91 Å². The lowest BCUT2D eigenvalue weighted by Crippen LogP contribution is -2.47. The maximum Gasteiger partial charge on any atom is 0.328 e. The minimum Gasteiger partial charge on any atom is -0.490 e. The van der Waals surface area contributed by atoms with Gasteiger partial charge in [-0.25, -0.2) is 4.79 Å². The van der Waals surface area contributed by atoms with Crippen molar-refractivity contribution in [2.75, 3.05) is 13.7 Å². The SMILES string of the molecule is C=CCOc1ccc(C[C@H](C)C(=O)N[C@H](C(=O)OC)C(C)C)cc1. The van der Waals surface area contributed by atoms with Gasteiger partial charge in [0.15, 0.2) is 0 Å². The number of nitrogens with one attached hydrogen (secondary N) is 1. The van der Waals surface area contributed by atoms with Gasteiger partial charge in [0.05, 0.1) is 7.11 Å². The number of rotatable bonds is 9. The van der Waals surface area contributed by atoms with Crippen LogP contribution in [0.1, 0.15) is 26.3 Å². The van der Waals surface area contributed by atoms with Gasteiger partial charge in [0.1, 0.15) is 18.4 Å². The van der Waals surface area contributed by atoms with E-state index in [0.717, 1.165) is 11.3 Å². The molecular formula is C19H27NO4. The molecule has 0 aliphatic heterocycles. The molecule has 1 aromatic rings. The average Bonchev–Trinajstić information content (AvgIpc) is 2.57. The van der Waals surface area contributed by atoms with Crippen molar-refractivity contribution in [1.29, 1.82) is 0 Å². The molecule has 1 N–H and O–H groups in total. The molecule has 2 atom stereocenters. The van der Waals surface area contributed by atoms with Crippen molar-refractivity contribution in [1.82, 2.24) is 5.32 Å². The molecule has 0 aromatic heterocycles. The normalized spacial score (nSPS) is 13.0. The Hall–Kier alpha value is -2.30. The molecule has 0 saturated carbocycles. The Bertz CT molecular complexity index is 551. The zero-order chi connectivity index (χ0) is 18.1. The Labute approximate surface area is 144 Å². The minimum atomic E-state index is -0.625. The van der Waals surface area contributed by atoms with Gasteiger partial charge < -0.3 is 14.8 Å². The highest BCUT2D eigenvalue weighted by Crippen LogP contribution is 2.16. The van der Waals surface area contributed by atoms with E-state index in [4.69, 9.17) is 9.47 Å². The predicted molar refractivity (Wildman–Crippen MR) is 93.8 cm³/mol. The first kappa shape index (κ1) is 19.7. The van der Waals surface area contributed by atoms with Crippen molar-refractivity contribution in [2.24, 2.45) is 11.8 Å². The molecule has 5 heteroatoms. The van der Waals surface area contributed by atoms with Crippen LogP contribution >= 0.6 is 0 Å². The molecule has 5 nitrogen and oxygen atoms in total. The van der Waals surface area contributed by atoms with E-state index in [1.165, 1.54) is 7.11 Å². The number of carbonyl (C=O) groups is 2. The average molecular weight is 333 g/mol. The Balaban J connectivity index is 2.62. The quantitative estimate of drug-likeness (QED) is 0.557. The Morgan fingerprint density at radius 1 is 1.21 bits per heavy atom. The number of amides is 1. The molecule has 24 heavy (non-hydrogen) atoms. The Morgan fingerprint density at radius 3 is 2.33 bits per heavy atom. The fourth-order valence-corrected chi connectivity index (χ4v) is 2.24. The lowest BCUT2D eigenvalue weighted by atomic mass is 9.98. The van der Waals surface area contributed by atoms with Crippen LogP contribution < -0.4 is 10.1 Å². The van der Waals surface area contributed by atoms with Crippen molar-refractivity contribution >= 4 is 11.9 Å². The van der Waals surface area contributed by atoms with E-state index in [0.29, 0.717) is 13.0 Å². The number of carbonyl (C=O) groups excluding carboxylic acids is 2. The molecular weight excluding hydrogens is 306 g/mol. The van der Waals surface area contributed by atoms with Crippen molar-refractivity contribution in [3.8, 4) is 5.75 Å². The van der Waals surface area contributed by atoms with E-state index in [9.17, 15) is 9.59 Å². The highest BCUT2D eigenvalue weighted by atomic mass is 16.5. The van der Waals surface area contributed by atoms with E-state index < -0.39 is 12.0 Å². The van der Waals surface area contributed by atoms with Crippen LogP contribution in [0.3, 0.4) is 0 Å². The first-order chi connectivity index (χ1) is 11.4. The Kier molecular flexibility index (Phi) is 8.02. The molecule has 0 aliphatic rings. The standard InChI is InChI=1S/C19H27NO4/c1-6-11-24-16-9-7-15(8-10-16)12-14(4)18(21)20-17(13(2)3)19(22)23-5/h6-10,13-14,17H,1,11-12H2,2-5H3,(H,20,21)/t14-,17-/m0/s1. The molecule has 0 fully saturated rings. The lowest BCUT2D eigenvalue weighted by Gasteiger charge is -2.22. The smallest absolute Gasteiger partial charge is 0.328 e. The molecule has 0 aliphatic carbocycles. The second kappa shape index (κ2) is 9.75. The maximum absolute atomic E-state index is 12.3. The largest absolute Gasteiger partial charge is 0.490 e. The third kappa shape index (κ3) is 6.07. The zero-order valence-corrected chi connectivity index (χ0v) is 14.9. The van der Waals surface area contributed by atoms with Crippen LogP contribution in [0.15, 0.2) is 36.9 Å². The second-order valence-electron chi connectivity index (χ2n) is 6.10. The van der Waals surface area contributed by atoms with E-state index in [2.05, 4.69) is 11.9 Å². The summed E-state index contributed by atoms with van der Waals surface area (Å²) in [5, 5.41) is 2.78. The van der Waals surface area contributed by atoms with Gasteiger partial charge in [0, 0.05) is 5.92 Å². The number of esters is 1. The molecule has 0 heterocycles.